The summed E-state index contributed by atoms with van der Waals surface area (Å²) in [4.78, 5) is 36.3. The number of hydrogen-bond donors (Lipinski definition) is 3. The van der Waals surface area contributed by atoms with Crippen molar-refractivity contribution < 1.29 is 4.79 Å². The molecular formula is C21H31Cl2N5O2. The number of pyridine rings is 1. The third-order valence-corrected chi connectivity index (χ3v) is 5.58. The first kappa shape index (κ1) is 26.1. The number of aryl methyl sites for hydroxylation is 1. The van der Waals surface area contributed by atoms with Gasteiger partial charge in [0, 0.05) is 48.2 Å². The number of nitrogens with two attached hydrogens (primary N) is 1. The lowest BCUT2D eigenvalue weighted by Gasteiger charge is -2.30. The summed E-state index contributed by atoms with van der Waals surface area (Å²) in [6, 6.07) is 3.66. The number of nitrogens with one attached hydrogen (secondary N) is 2. The zero-order valence-electron chi connectivity index (χ0n) is 17.2. The van der Waals surface area contributed by atoms with Crippen LogP contribution < -0.4 is 16.6 Å². The fourth-order valence-electron chi connectivity index (χ4n) is 3.97. The highest BCUT2D eigenvalue weighted by Gasteiger charge is 2.24. The molecule has 1 aliphatic carbocycles. The van der Waals surface area contributed by atoms with Crippen molar-refractivity contribution in [3.05, 3.63) is 46.1 Å². The fourth-order valence-corrected chi connectivity index (χ4v) is 3.97. The minimum atomic E-state index is -0.207. The van der Waals surface area contributed by atoms with Gasteiger partial charge in [0.2, 0.25) is 5.91 Å². The van der Waals surface area contributed by atoms with Gasteiger partial charge in [-0.15, -0.1) is 24.8 Å². The summed E-state index contributed by atoms with van der Waals surface area (Å²) < 4.78 is 0. The number of carbonyl (C=O) groups excluding carboxylic acids is 1. The van der Waals surface area contributed by atoms with Crippen molar-refractivity contribution in [3.63, 3.8) is 0 Å². The van der Waals surface area contributed by atoms with Gasteiger partial charge in [0.05, 0.1) is 0 Å². The Labute approximate surface area is 189 Å². The van der Waals surface area contributed by atoms with Crippen LogP contribution in [0.25, 0.3) is 11.4 Å². The van der Waals surface area contributed by atoms with Gasteiger partial charge >= 0.3 is 0 Å². The molecule has 7 nitrogen and oxygen atoms in total. The number of H-pyrrole nitrogens is 1. The number of nitrogens with zero attached hydrogens (tertiary/aromatic N) is 2. The Morgan fingerprint density at radius 2 is 2.03 bits per heavy atom. The zero-order chi connectivity index (χ0) is 19.9. The van der Waals surface area contributed by atoms with Crippen LogP contribution in [0.5, 0.6) is 0 Å². The molecule has 0 aromatic carbocycles. The van der Waals surface area contributed by atoms with Gasteiger partial charge in [-0.3, -0.25) is 14.6 Å². The van der Waals surface area contributed by atoms with Crippen LogP contribution in [0.1, 0.15) is 49.8 Å². The number of halogens is 2. The van der Waals surface area contributed by atoms with E-state index in [1.54, 1.807) is 25.4 Å². The molecule has 1 saturated carbocycles. The van der Waals surface area contributed by atoms with E-state index in [9.17, 15) is 9.59 Å². The molecule has 0 bridgehead atoms. The number of rotatable bonds is 7. The highest BCUT2D eigenvalue weighted by atomic mass is 35.5. The topological polar surface area (TPSA) is 114 Å². The van der Waals surface area contributed by atoms with E-state index in [4.69, 9.17) is 5.73 Å². The third kappa shape index (κ3) is 6.79. The minimum absolute atomic E-state index is 0. The average molecular weight is 456 g/mol. The van der Waals surface area contributed by atoms with Crippen molar-refractivity contribution in [1.82, 2.24) is 20.3 Å². The Bertz CT molecular complexity index is 854. The SMILES string of the molecule is Cc1nc(-c2cccnc2)[nH]c(=O)c1CCC(=O)NC(CN)C1CCCCC1.Cl.Cl. The van der Waals surface area contributed by atoms with E-state index in [1.165, 1.54) is 19.3 Å². The Morgan fingerprint density at radius 3 is 2.63 bits per heavy atom. The number of aromatic nitrogens is 3. The largest absolute Gasteiger partial charge is 0.352 e. The second kappa shape index (κ2) is 12.7. The van der Waals surface area contributed by atoms with E-state index < -0.39 is 0 Å². The van der Waals surface area contributed by atoms with Crippen LogP contribution in [0.3, 0.4) is 0 Å². The molecule has 4 N–H and O–H groups in total. The summed E-state index contributed by atoms with van der Waals surface area (Å²) >= 11 is 0. The number of hydrogen-bond acceptors (Lipinski definition) is 5. The number of carbonyl (C=O) groups is 1. The maximum atomic E-state index is 12.5. The lowest BCUT2D eigenvalue weighted by Crippen LogP contribution is -2.46. The van der Waals surface area contributed by atoms with Crippen LogP contribution in [0.2, 0.25) is 0 Å². The highest BCUT2D eigenvalue weighted by molar-refractivity contribution is 5.85. The van der Waals surface area contributed by atoms with E-state index >= 15 is 0 Å². The molecule has 0 aliphatic heterocycles. The van der Waals surface area contributed by atoms with Crippen molar-refractivity contribution in [2.75, 3.05) is 6.54 Å². The number of aromatic amines is 1. The van der Waals surface area contributed by atoms with Crippen molar-refractivity contribution in [2.45, 2.75) is 57.9 Å². The normalized spacial score (nSPS) is 14.9. The van der Waals surface area contributed by atoms with E-state index in [2.05, 4.69) is 20.3 Å². The standard InChI is InChI=1S/C21H29N5O2.2ClH/c1-14-17(21(28)26-20(24-14)16-8-5-11-23-13-16)9-10-19(27)25-18(12-22)15-6-3-2-4-7-15;;/h5,8,11,13,15,18H,2-4,6-7,9-10,12,22H2,1H3,(H,25,27)(H,24,26,28);2*1H. The zero-order valence-corrected chi connectivity index (χ0v) is 18.9. The summed E-state index contributed by atoms with van der Waals surface area (Å²) in [6.45, 7) is 2.25. The van der Waals surface area contributed by atoms with Crippen LogP contribution in [0.15, 0.2) is 29.3 Å². The molecule has 3 rings (SSSR count). The minimum Gasteiger partial charge on any atom is -0.352 e. The van der Waals surface area contributed by atoms with Gasteiger partial charge in [-0.25, -0.2) is 4.98 Å². The molecule has 30 heavy (non-hydrogen) atoms. The van der Waals surface area contributed by atoms with Crippen molar-refractivity contribution in [2.24, 2.45) is 11.7 Å². The molecule has 1 atom stereocenters. The number of amides is 1. The average Bonchev–Trinajstić information content (AvgIpc) is 2.72. The molecule has 2 aromatic heterocycles. The Hall–Kier alpha value is -1.96. The lowest BCUT2D eigenvalue weighted by molar-refractivity contribution is -0.122. The summed E-state index contributed by atoms with van der Waals surface area (Å²) in [7, 11) is 0. The maximum absolute atomic E-state index is 12.5. The van der Waals surface area contributed by atoms with Crippen molar-refractivity contribution >= 4 is 30.7 Å². The van der Waals surface area contributed by atoms with Crippen molar-refractivity contribution in [3.8, 4) is 11.4 Å². The van der Waals surface area contributed by atoms with E-state index in [-0.39, 0.29) is 48.7 Å². The maximum Gasteiger partial charge on any atom is 0.254 e. The molecule has 0 spiro atoms. The van der Waals surface area contributed by atoms with Gasteiger partial charge < -0.3 is 16.0 Å². The molecule has 1 fully saturated rings. The second-order valence-electron chi connectivity index (χ2n) is 7.53. The summed E-state index contributed by atoms with van der Waals surface area (Å²) in [5.41, 5.74) is 7.63. The third-order valence-electron chi connectivity index (χ3n) is 5.58. The fraction of sp³-hybridized carbons (Fsp3) is 0.524. The van der Waals surface area contributed by atoms with Gasteiger partial charge in [-0.05, 0) is 44.2 Å². The van der Waals surface area contributed by atoms with Gasteiger partial charge in [-0.1, -0.05) is 19.3 Å². The second-order valence-corrected chi connectivity index (χ2v) is 7.53. The molecule has 0 radical (unpaired) electrons. The molecule has 0 saturated heterocycles. The molecule has 1 amide bonds. The van der Waals surface area contributed by atoms with Crippen LogP contribution in [-0.2, 0) is 11.2 Å². The van der Waals surface area contributed by atoms with Crippen molar-refractivity contribution in [1.29, 1.82) is 0 Å². The summed E-state index contributed by atoms with van der Waals surface area (Å²) in [5.74, 6) is 0.897. The summed E-state index contributed by atoms with van der Waals surface area (Å²) in [5, 5.41) is 3.08. The Morgan fingerprint density at radius 1 is 1.30 bits per heavy atom. The first-order valence-corrected chi connectivity index (χ1v) is 10.1. The van der Waals surface area contributed by atoms with Crippen LogP contribution in [0.4, 0.5) is 0 Å². The van der Waals surface area contributed by atoms with Gasteiger partial charge in [-0.2, -0.15) is 0 Å². The predicted octanol–water partition coefficient (Wildman–Crippen LogP) is 2.94. The predicted molar refractivity (Wildman–Crippen MR) is 123 cm³/mol. The van der Waals surface area contributed by atoms with Crippen LogP contribution in [-0.4, -0.2) is 33.4 Å². The van der Waals surface area contributed by atoms with E-state index in [0.29, 0.717) is 36.0 Å². The highest BCUT2D eigenvalue weighted by Crippen LogP contribution is 2.26. The molecule has 9 heteroatoms. The quantitative estimate of drug-likeness (QED) is 0.593. The van der Waals surface area contributed by atoms with Gasteiger partial charge in [0.25, 0.3) is 5.56 Å². The smallest absolute Gasteiger partial charge is 0.254 e. The monoisotopic (exact) mass is 455 g/mol. The van der Waals surface area contributed by atoms with Crippen LogP contribution >= 0.6 is 24.8 Å². The first-order valence-electron chi connectivity index (χ1n) is 10.1. The Kier molecular flexibility index (Phi) is 11.0. The lowest BCUT2D eigenvalue weighted by atomic mass is 9.84. The van der Waals surface area contributed by atoms with Gasteiger partial charge in [0.15, 0.2) is 0 Å². The summed E-state index contributed by atoms with van der Waals surface area (Å²) in [6.07, 6.45) is 9.87. The van der Waals surface area contributed by atoms with Gasteiger partial charge in [0.1, 0.15) is 5.82 Å². The first-order chi connectivity index (χ1) is 13.6. The van der Waals surface area contributed by atoms with Crippen LogP contribution in [0, 0.1) is 12.8 Å². The molecule has 166 valence electrons. The molecular weight excluding hydrogens is 425 g/mol. The Balaban J connectivity index is 0.00000225. The molecule has 1 unspecified atom stereocenters. The molecule has 1 aliphatic rings. The molecule has 2 heterocycles. The molecule has 2 aromatic rings. The van der Waals surface area contributed by atoms with E-state index in [1.807, 2.05) is 6.07 Å². The van der Waals surface area contributed by atoms with E-state index in [0.717, 1.165) is 18.4 Å².